The first kappa shape index (κ1) is 24.2. The highest BCUT2D eigenvalue weighted by Crippen LogP contribution is 2.26. The zero-order chi connectivity index (χ0) is 23.3. The SMILES string of the molecule is COc1ccc(C(=O)N(Cc2cccc(F)c2)CC2CCCO2)cc1S(=O)(=O)NC(C)C. The molecule has 1 unspecified atom stereocenters. The molecule has 0 aliphatic carbocycles. The van der Waals surface area contributed by atoms with Crippen LogP contribution in [0.1, 0.15) is 42.6 Å². The number of ether oxygens (including phenoxy) is 2. The molecule has 3 rings (SSSR count). The zero-order valence-corrected chi connectivity index (χ0v) is 19.3. The van der Waals surface area contributed by atoms with Crippen molar-refractivity contribution in [2.45, 2.75) is 50.3 Å². The molecule has 0 aromatic heterocycles. The van der Waals surface area contributed by atoms with E-state index in [1.165, 1.54) is 37.4 Å². The molecule has 0 saturated carbocycles. The van der Waals surface area contributed by atoms with E-state index in [0.29, 0.717) is 18.7 Å². The minimum absolute atomic E-state index is 0.109. The lowest BCUT2D eigenvalue weighted by atomic mass is 10.1. The topological polar surface area (TPSA) is 84.9 Å². The van der Waals surface area contributed by atoms with Gasteiger partial charge in [-0.3, -0.25) is 4.79 Å². The number of carbonyl (C=O) groups excluding carboxylic acids is 1. The van der Waals surface area contributed by atoms with Crippen LogP contribution in [-0.2, 0) is 21.3 Å². The third kappa shape index (κ3) is 6.05. The van der Waals surface area contributed by atoms with Gasteiger partial charge in [0.1, 0.15) is 16.5 Å². The maximum atomic E-state index is 13.7. The molecule has 174 valence electrons. The predicted molar refractivity (Wildman–Crippen MR) is 119 cm³/mol. The van der Waals surface area contributed by atoms with Crippen molar-refractivity contribution in [3.63, 3.8) is 0 Å². The average Bonchev–Trinajstić information content (AvgIpc) is 3.24. The standard InChI is InChI=1S/C23H29FN2O5S/c1-16(2)25-32(28,29)22-13-18(9-10-21(22)30-3)23(27)26(15-20-8-5-11-31-20)14-17-6-4-7-19(24)12-17/h4,6-7,9-10,12-13,16,20,25H,5,8,11,14-15H2,1-3H3. The highest BCUT2D eigenvalue weighted by Gasteiger charge is 2.27. The summed E-state index contributed by atoms with van der Waals surface area (Å²) in [5.41, 5.74) is 0.837. The Morgan fingerprint density at radius 2 is 2.06 bits per heavy atom. The molecule has 32 heavy (non-hydrogen) atoms. The molecule has 1 atom stereocenters. The molecule has 1 saturated heterocycles. The summed E-state index contributed by atoms with van der Waals surface area (Å²) in [5, 5.41) is 0. The van der Waals surface area contributed by atoms with E-state index < -0.39 is 10.0 Å². The van der Waals surface area contributed by atoms with Crippen LogP contribution < -0.4 is 9.46 Å². The van der Waals surface area contributed by atoms with Crippen LogP contribution in [0.15, 0.2) is 47.4 Å². The summed E-state index contributed by atoms with van der Waals surface area (Å²) in [5.74, 6) is -0.608. The Balaban J connectivity index is 1.94. The fraction of sp³-hybridized carbons (Fsp3) is 0.435. The maximum absolute atomic E-state index is 13.7. The number of hydrogen-bond donors (Lipinski definition) is 1. The van der Waals surface area contributed by atoms with Gasteiger partial charge in [-0.1, -0.05) is 12.1 Å². The highest BCUT2D eigenvalue weighted by molar-refractivity contribution is 7.89. The molecule has 0 radical (unpaired) electrons. The van der Waals surface area contributed by atoms with E-state index in [4.69, 9.17) is 9.47 Å². The number of nitrogens with zero attached hydrogens (tertiary/aromatic N) is 1. The van der Waals surface area contributed by atoms with Crippen molar-refractivity contribution in [3.05, 3.63) is 59.4 Å². The van der Waals surface area contributed by atoms with Crippen LogP contribution in [0.25, 0.3) is 0 Å². The lowest BCUT2D eigenvalue weighted by Crippen LogP contribution is -2.37. The lowest BCUT2D eigenvalue weighted by Gasteiger charge is -2.26. The molecule has 1 amide bonds. The zero-order valence-electron chi connectivity index (χ0n) is 18.5. The van der Waals surface area contributed by atoms with Crippen LogP contribution in [0.3, 0.4) is 0 Å². The Morgan fingerprint density at radius 1 is 1.28 bits per heavy atom. The number of sulfonamides is 1. The van der Waals surface area contributed by atoms with Crippen LogP contribution in [0.4, 0.5) is 4.39 Å². The van der Waals surface area contributed by atoms with Gasteiger partial charge in [0.15, 0.2) is 0 Å². The number of amides is 1. The number of methoxy groups -OCH3 is 1. The minimum Gasteiger partial charge on any atom is -0.495 e. The van der Waals surface area contributed by atoms with Gasteiger partial charge in [0.05, 0.1) is 13.2 Å². The van der Waals surface area contributed by atoms with Crippen LogP contribution in [0.5, 0.6) is 5.75 Å². The van der Waals surface area contributed by atoms with Gasteiger partial charge in [0, 0.05) is 31.3 Å². The van der Waals surface area contributed by atoms with Gasteiger partial charge in [-0.2, -0.15) is 0 Å². The Morgan fingerprint density at radius 3 is 2.69 bits per heavy atom. The second-order valence-electron chi connectivity index (χ2n) is 8.09. The van der Waals surface area contributed by atoms with Crippen LogP contribution in [0, 0.1) is 5.82 Å². The van der Waals surface area contributed by atoms with Gasteiger partial charge in [0.25, 0.3) is 5.91 Å². The number of carbonyl (C=O) groups is 1. The van der Waals surface area contributed by atoms with Crippen molar-refractivity contribution in [1.29, 1.82) is 0 Å². The van der Waals surface area contributed by atoms with Gasteiger partial charge in [0.2, 0.25) is 10.0 Å². The van der Waals surface area contributed by atoms with E-state index in [0.717, 1.165) is 12.8 Å². The van der Waals surface area contributed by atoms with E-state index in [1.54, 1.807) is 30.9 Å². The molecular weight excluding hydrogens is 435 g/mol. The molecule has 0 spiro atoms. The van der Waals surface area contributed by atoms with E-state index in [9.17, 15) is 17.6 Å². The molecule has 7 nitrogen and oxygen atoms in total. The molecular formula is C23H29FN2O5S. The minimum atomic E-state index is -3.89. The maximum Gasteiger partial charge on any atom is 0.254 e. The Kier molecular flexibility index (Phi) is 7.86. The summed E-state index contributed by atoms with van der Waals surface area (Å²) >= 11 is 0. The Bertz CT molecular complexity index is 1050. The molecule has 2 aromatic rings. The summed E-state index contributed by atoms with van der Waals surface area (Å²) < 4.78 is 52.7. The Labute approximate surface area is 188 Å². The number of rotatable bonds is 9. The van der Waals surface area contributed by atoms with E-state index in [2.05, 4.69) is 4.72 Å². The number of halogens is 1. The van der Waals surface area contributed by atoms with E-state index in [-0.39, 0.29) is 46.6 Å². The third-order valence-corrected chi connectivity index (χ3v) is 6.77. The monoisotopic (exact) mass is 464 g/mol. The first-order chi connectivity index (χ1) is 15.2. The van der Waals surface area contributed by atoms with Crippen molar-refractivity contribution in [3.8, 4) is 5.75 Å². The second-order valence-corrected chi connectivity index (χ2v) is 9.77. The van der Waals surface area contributed by atoms with Crippen molar-refractivity contribution in [2.24, 2.45) is 0 Å². The number of hydrogen-bond acceptors (Lipinski definition) is 5. The van der Waals surface area contributed by atoms with Crippen LogP contribution >= 0.6 is 0 Å². The van der Waals surface area contributed by atoms with Gasteiger partial charge >= 0.3 is 0 Å². The van der Waals surface area contributed by atoms with Gasteiger partial charge in [-0.25, -0.2) is 17.5 Å². The Hall–Kier alpha value is -2.49. The van der Waals surface area contributed by atoms with Crippen LogP contribution in [-0.4, -0.2) is 51.6 Å². The largest absolute Gasteiger partial charge is 0.495 e. The summed E-state index contributed by atoms with van der Waals surface area (Å²) in [7, 11) is -2.52. The average molecular weight is 465 g/mol. The molecule has 9 heteroatoms. The van der Waals surface area contributed by atoms with Gasteiger partial charge in [-0.05, 0) is 62.6 Å². The van der Waals surface area contributed by atoms with Crippen LogP contribution in [0.2, 0.25) is 0 Å². The second kappa shape index (κ2) is 10.4. The summed E-state index contributed by atoms with van der Waals surface area (Å²) in [4.78, 5) is 14.9. The lowest BCUT2D eigenvalue weighted by molar-refractivity contribution is 0.0507. The normalized spacial score (nSPS) is 16.3. The summed E-state index contributed by atoms with van der Waals surface area (Å²) in [6.45, 7) is 4.56. The molecule has 1 heterocycles. The molecule has 1 fully saturated rings. The molecule has 1 aliphatic rings. The number of benzene rings is 2. The fourth-order valence-corrected chi connectivity index (χ4v) is 5.13. The third-order valence-electron chi connectivity index (χ3n) is 5.09. The molecule has 0 bridgehead atoms. The van der Waals surface area contributed by atoms with E-state index >= 15 is 0 Å². The number of nitrogens with one attached hydrogen (secondary N) is 1. The van der Waals surface area contributed by atoms with Gasteiger partial charge in [-0.15, -0.1) is 0 Å². The molecule has 1 N–H and O–H groups in total. The summed E-state index contributed by atoms with van der Waals surface area (Å²) in [6, 6.07) is 10.1. The van der Waals surface area contributed by atoms with Crippen molar-refractivity contribution < 1.29 is 27.1 Å². The van der Waals surface area contributed by atoms with Crippen molar-refractivity contribution >= 4 is 15.9 Å². The first-order valence-electron chi connectivity index (χ1n) is 10.6. The smallest absolute Gasteiger partial charge is 0.254 e. The molecule has 1 aliphatic heterocycles. The van der Waals surface area contributed by atoms with E-state index in [1.807, 2.05) is 0 Å². The summed E-state index contributed by atoms with van der Waals surface area (Å²) in [6.07, 6.45) is 1.63. The highest BCUT2D eigenvalue weighted by atomic mass is 32.2. The molecule has 2 aromatic carbocycles. The fourth-order valence-electron chi connectivity index (χ4n) is 3.69. The quantitative estimate of drug-likeness (QED) is 0.615. The van der Waals surface area contributed by atoms with Crippen molar-refractivity contribution in [1.82, 2.24) is 9.62 Å². The predicted octanol–water partition coefficient (Wildman–Crippen LogP) is 3.34. The first-order valence-corrected chi connectivity index (χ1v) is 12.0. The van der Waals surface area contributed by atoms with Gasteiger partial charge < -0.3 is 14.4 Å². The van der Waals surface area contributed by atoms with Crippen molar-refractivity contribution in [2.75, 3.05) is 20.3 Å².